The van der Waals surface area contributed by atoms with Gasteiger partial charge in [-0.15, -0.1) is 4.94 Å². The van der Waals surface area contributed by atoms with Gasteiger partial charge < -0.3 is 5.21 Å². The lowest BCUT2D eigenvalue weighted by Crippen LogP contribution is -3.03. The molecule has 0 aliphatic heterocycles. The highest BCUT2D eigenvalue weighted by molar-refractivity contribution is 5.21. The summed E-state index contributed by atoms with van der Waals surface area (Å²) in [5.41, 5.74) is 5.95. The second-order valence-corrected chi connectivity index (χ2v) is 0.653. The normalized spacial score (nSPS) is 11.6. The second-order valence-electron chi connectivity index (χ2n) is 0.653. The van der Waals surface area contributed by atoms with Crippen molar-refractivity contribution in [3.63, 3.8) is 0 Å². The minimum Gasteiger partial charge on any atom is -0.543 e. The maximum absolute atomic E-state index is 9.85. The third-order valence-electron chi connectivity index (χ3n) is 0.259. The van der Waals surface area contributed by atoms with Gasteiger partial charge in [-0.25, -0.2) is 0 Å². The summed E-state index contributed by atoms with van der Waals surface area (Å²) in [7, 11) is 0. The molecule has 0 rings (SSSR count). The Kier molecular flexibility index (Phi) is 3.36. The minimum absolute atomic E-state index is 1.17. The van der Waals surface area contributed by atoms with E-state index in [0.717, 1.165) is 0 Å². The first-order valence-corrected chi connectivity index (χ1v) is 1.52. The molecule has 7 heteroatoms. The molecule has 0 aliphatic carbocycles. The molecule has 0 aromatic carbocycles. The first-order valence-electron chi connectivity index (χ1n) is 1.52. The van der Waals surface area contributed by atoms with Crippen molar-refractivity contribution in [3.8, 4) is 0 Å². The van der Waals surface area contributed by atoms with Crippen LogP contribution < -0.4 is 5.39 Å². The molecule has 0 aromatic heterocycles. The van der Waals surface area contributed by atoms with Gasteiger partial charge in [-0.05, 0) is 5.16 Å². The summed E-state index contributed by atoms with van der Waals surface area (Å²) in [6.07, 6.45) is 0. The summed E-state index contributed by atoms with van der Waals surface area (Å²) in [5, 5.41) is 13.6. The van der Waals surface area contributed by atoms with Crippen molar-refractivity contribution < 1.29 is 15.3 Å². The summed E-state index contributed by atoms with van der Waals surface area (Å²) in [4.78, 5) is 7.30. The van der Waals surface area contributed by atoms with Gasteiger partial charge in [-0.1, -0.05) is 0 Å². The van der Waals surface area contributed by atoms with E-state index in [4.69, 9.17) is 5.53 Å². The monoisotopic (exact) mass is 120 g/mol. The quantitative estimate of drug-likeness (QED) is 0.277. The maximum atomic E-state index is 9.85. The van der Waals surface area contributed by atoms with Crippen LogP contribution in [-0.4, -0.2) is 6.72 Å². The Morgan fingerprint density at radius 2 is 2.25 bits per heavy atom. The van der Waals surface area contributed by atoms with Gasteiger partial charge in [-0.3, -0.25) is 0 Å². The average molecular weight is 120 g/mol. The number of nitrogens with one attached hydrogen (secondary N) is 2. The largest absolute Gasteiger partial charge is 0.543 e. The summed E-state index contributed by atoms with van der Waals surface area (Å²) in [6, 6.07) is 0. The van der Waals surface area contributed by atoms with Crippen molar-refractivity contribution in [1.82, 2.24) is 0 Å². The molecule has 1 unspecified atom stereocenters. The van der Waals surface area contributed by atoms with Gasteiger partial charge in [0.1, 0.15) is 0 Å². The van der Waals surface area contributed by atoms with E-state index in [2.05, 4.69) is 27.0 Å². The minimum atomic E-state index is -1.17. The van der Waals surface area contributed by atoms with Crippen LogP contribution in [0, 0.1) is 10.7 Å². The van der Waals surface area contributed by atoms with Crippen LogP contribution in [0.3, 0.4) is 0 Å². The summed E-state index contributed by atoms with van der Waals surface area (Å²) >= 11 is 0. The molecule has 0 heterocycles. The third kappa shape index (κ3) is 3.00. The molecule has 46 valence electrons. The van der Waals surface area contributed by atoms with Crippen LogP contribution >= 0.6 is 0 Å². The molecule has 0 bridgehead atoms. The van der Waals surface area contributed by atoms with E-state index in [9.17, 15) is 5.21 Å². The van der Waals surface area contributed by atoms with Gasteiger partial charge >= 0.3 is 0 Å². The molecule has 7 nitrogen and oxygen atoms in total. The van der Waals surface area contributed by atoms with Crippen molar-refractivity contribution in [2.24, 2.45) is 10.4 Å². The SMILES string of the molecule is C=NO[NH+]([O-])ON=N. The Labute approximate surface area is 44.4 Å². The fourth-order valence-electron chi connectivity index (χ4n) is 0.107. The van der Waals surface area contributed by atoms with Gasteiger partial charge in [-0.2, -0.15) is 10.5 Å². The van der Waals surface area contributed by atoms with Gasteiger partial charge in [0.05, 0.1) is 10.7 Å². The fraction of sp³-hybridized carbons (Fsp3) is 0. The van der Waals surface area contributed by atoms with Crippen molar-refractivity contribution in [1.29, 1.82) is 5.53 Å². The number of nitrogens with zero attached hydrogens (tertiary/aromatic N) is 2. The van der Waals surface area contributed by atoms with Crippen molar-refractivity contribution in [3.05, 3.63) is 5.21 Å². The highest BCUT2D eigenvalue weighted by Gasteiger charge is 1.89. The van der Waals surface area contributed by atoms with Gasteiger partial charge in [0, 0.05) is 6.72 Å². The zero-order valence-corrected chi connectivity index (χ0v) is 3.83. The van der Waals surface area contributed by atoms with Crippen molar-refractivity contribution in [2.45, 2.75) is 0 Å². The smallest absolute Gasteiger partial charge is 0.0855 e. The Balaban J connectivity index is 3.16. The standard InChI is InChI=1S/CH4N4O3/c1-3-7-5(6)8-4-2/h2,5H,1H2. The van der Waals surface area contributed by atoms with Crippen molar-refractivity contribution >= 4 is 6.72 Å². The van der Waals surface area contributed by atoms with E-state index in [-0.39, 0.29) is 0 Å². The summed E-state index contributed by atoms with van der Waals surface area (Å²) < 4.78 is 0. The predicted octanol–water partition coefficient (Wildman–Crippen LogP) is -1.21. The van der Waals surface area contributed by atoms with Crippen LogP contribution in [0.4, 0.5) is 0 Å². The van der Waals surface area contributed by atoms with Crippen LogP contribution in [0.25, 0.3) is 0 Å². The van der Waals surface area contributed by atoms with Gasteiger partial charge in [0.25, 0.3) is 0 Å². The summed E-state index contributed by atoms with van der Waals surface area (Å²) in [6.45, 7) is 2.81. The number of hydrogen-bond acceptors (Lipinski definition) is 6. The number of oxime groups is 1. The van der Waals surface area contributed by atoms with Crippen LogP contribution in [0.1, 0.15) is 0 Å². The van der Waals surface area contributed by atoms with E-state index in [0.29, 0.717) is 0 Å². The van der Waals surface area contributed by atoms with Crippen LogP contribution in [-0.2, 0) is 9.88 Å². The first kappa shape index (κ1) is 6.79. The molecule has 0 radical (unpaired) electrons. The molecule has 0 aliphatic rings. The number of hydrogen-bond donors (Lipinski definition) is 2. The Morgan fingerprint density at radius 3 is 2.62 bits per heavy atom. The Morgan fingerprint density at radius 1 is 1.62 bits per heavy atom. The van der Waals surface area contributed by atoms with Crippen LogP contribution in [0.5, 0.6) is 0 Å². The van der Waals surface area contributed by atoms with E-state index >= 15 is 0 Å². The first-order chi connectivity index (χ1) is 3.81. The van der Waals surface area contributed by atoms with Crippen LogP contribution in [0.15, 0.2) is 10.4 Å². The van der Waals surface area contributed by atoms with Gasteiger partial charge in [0.2, 0.25) is 0 Å². The molecule has 0 aromatic rings. The lowest BCUT2D eigenvalue weighted by atomic mass is 11.8. The Bertz CT molecular complexity index is 73.4. The molecule has 0 fully saturated rings. The lowest BCUT2D eigenvalue weighted by molar-refractivity contribution is -1.21. The molecule has 8 heavy (non-hydrogen) atoms. The van der Waals surface area contributed by atoms with Gasteiger partial charge in [0.15, 0.2) is 0 Å². The van der Waals surface area contributed by atoms with E-state index < -0.39 is 5.39 Å². The molecule has 0 saturated carbocycles. The topological polar surface area (TPSA) is 94.5 Å². The second kappa shape index (κ2) is 3.96. The zero-order chi connectivity index (χ0) is 6.41. The molecule has 1 atom stereocenters. The molecular formula is CH4N4O3. The van der Waals surface area contributed by atoms with E-state index in [1.165, 1.54) is 0 Å². The fourth-order valence-corrected chi connectivity index (χ4v) is 0.107. The van der Waals surface area contributed by atoms with Crippen molar-refractivity contribution in [2.75, 3.05) is 0 Å². The highest BCUT2D eigenvalue weighted by atomic mass is 17.2. The maximum Gasteiger partial charge on any atom is 0.0855 e. The van der Waals surface area contributed by atoms with E-state index in [1.807, 2.05) is 0 Å². The Hall–Kier alpha value is -1.21. The van der Waals surface area contributed by atoms with Crippen LogP contribution in [0.2, 0.25) is 0 Å². The number of rotatable bonds is 4. The molecule has 0 saturated heterocycles. The molecule has 0 amide bonds. The van der Waals surface area contributed by atoms with E-state index in [1.54, 1.807) is 0 Å². The lowest BCUT2D eigenvalue weighted by Gasteiger charge is -2.06. The number of quaternary nitrogens is 1. The zero-order valence-electron chi connectivity index (χ0n) is 3.83. The summed E-state index contributed by atoms with van der Waals surface area (Å²) in [5.74, 6) is 0. The highest BCUT2D eigenvalue weighted by Crippen LogP contribution is 1.57. The predicted molar refractivity (Wildman–Crippen MR) is 21.2 cm³/mol. The average Bonchev–Trinajstić information content (AvgIpc) is 1.68. The molecule has 0 spiro atoms. The third-order valence-corrected chi connectivity index (χ3v) is 0.259. The molecular weight excluding hydrogens is 116 g/mol. The molecule has 2 N–H and O–H groups in total.